The van der Waals surface area contributed by atoms with E-state index >= 15 is 4.39 Å². The van der Waals surface area contributed by atoms with E-state index in [1.807, 2.05) is 45.9 Å². The van der Waals surface area contributed by atoms with E-state index in [0.717, 1.165) is 56.3 Å². The molecule has 4 aromatic rings. The summed E-state index contributed by atoms with van der Waals surface area (Å²) in [5.41, 5.74) is 1.10. The molecule has 1 N–H and O–H groups in total. The predicted molar refractivity (Wildman–Crippen MR) is 147 cm³/mol. The molecule has 3 aliphatic rings. The van der Waals surface area contributed by atoms with E-state index in [4.69, 9.17) is 4.74 Å². The van der Waals surface area contributed by atoms with Gasteiger partial charge in [-0.05, 0) is 56.3 Å². The number of hydrogen-bond acceptors (Lipinski definition) is 5. The fourth-order valence-electron chi connectivity index (χ4n) is 6.16. The highest BCUT2D eigenvalue weighted by atomic mass is 19.1. The minimum absolute atomic E-state index is 0.000738. The Morgan fingerprint density at radius 3 is 2.53 bits per heavy atom. The molecule has 0 unspecified atom stereocenters. The van der Waals surface area contributed by atoms with Crippen LogP contribution < -0.4 is 20.4 Å². The van der Waals surface area contributed by atoms with Crippen molar-refractivity contribution in [3.05, 3.63) is 70.3 Å². The number of rotatable bonds is 5. The number of fused-ring (bicyclic) bond motifs is 4. The molecule has 4 heterocycles. The third-order valence-electron chi connectivity index (χ3n) is 8.07. The van der Waals surface area contributed by atoms with Crippen LogP contribution in [0.3, 0.4) is 0 Å². The molecule has 2 saturated heterocycles. The molecule has 0 spiro atoms. The maximum Gasteiger partial charge on any atom is 0.256 e. The number of pyridine rings is 1. The molecule has 0 radical (unpaired) electrons. The second-order valence-corrected chi connectivity index (χ2v) is 10.4. The lowest BCUT2D eigenvalue weighted by molar-refractivity contribution is 0.0948. The van der Waals surface area contributed by atoms with Gasteiger partial charge in [0.25, 0.3) is 5.91 Å². The summed E-state index contributed by atoms with van der Waals surface area (Å²) in [6.45, 7) is 4.71. The summed E-state index contributed by atoms with van der Waals surface area (Å²) >= 11 is 0. The van der Waals surface area contributed by atoms with Crippen molar-refractivity contribution < 1.29 is 13.9 Å². The standard InChI is InChI=1S/C30H29FN4O3/c31-23-17-21-25-29(26(23)34-14-5-6-15-34)38-28-20-8-2-1-7-19(20)9-10-24(28)35(25)18-22(27(21)36)30(37)32-11-16-33-12-3-4-13-33/h1-2,7-10,17-18H,3-6,11-16H2,(H,32,37). The van der Waals surface area contributed by atoms with Crippen LogP contribution in [0.1, 0.15) is 36.0 Å². The summed E-state index contributed by atoms with van der Waals surface area (Å²) in [5, 5.41) is 4.93. The number of benzene rings is 3. The minimum atomic E-state index is -0.506. The molecule has 3 aliphatic heterocycles. The number of nitrogens with zero attached hydrogens (tertiary/aromatic N) is 3. The Kier molecular flexibility index (Phi) is 5.58. The Morgan fingerprint density at radius 1 is 0.947 bits per heavy atom. The summed E-state index contributed by atoms with van der Waals surface area (Å²) in [7, 11) is 0. The van der Waals surface area contributed by atoms with Crippen LogP contribution in [-0.4, -0.2) is 54.6 Å². The summed E-state index contributed by atoms with van der Waals surface area (Å²) in [4.78, 5) is 31.2. The van der Waals surface area contributed by atoms with Gasteiger partial charge >= 0.3 is 0 Å². The molecule has 0 atom stereocenters. The predicted octanol–water partition coefficient (Wildman–Crippen LogP) is 4.81. The molecule has 1 amide bonds. The first-order valence-corrected chi connectivity index (χ1v) is 13.5. The van der Waals surface area contributed by atoms with Crippen LogP contribution in [0.2, 0.25) is 0 Å². The first-order valence-electron chi connectivity index (χ1n) is 13.5. The smallest absolute Gasteiger partial charge is 0.256 e. The van der Waals surface area contributed by atoms with Gasteiger partial charge in [0.15, 0.2) is 17.3 Å². The van der Waals surface area contributed by atoms with Crippen molar-refractivity contribution in [3.8, 4) is 17.2 Å². The third kappa shape index (κ3) is 3.66. The van der Waals surface area contributed by atoms with Crippen molar-refractivity contribution in [3.63, 3.8) is 0 Å². The van der Waals surface area contributed by atoms with Crippen molar-refractivity contribution >= 4 is 33.3 Å². The molecular formula is C30H29FN4O3. The Labute approximate surface area is 219 Å². The molecule has 7 rings (SSSR count). The first-order chi connectivity index (χ1) is 18.6. The number of ether oxygens (including phenoxy) is 1. The number of aromatic nitrogens is 1. The van der Waals surface area contributed by atoms with Crippen LogP contribution in [0.25, 0.3) is 27.4 Å². The lowest BCUT2D eigenvalue weighted by atomic mass is 10.0. The van der Waals surface area contributed by atoms with Gasteiger partial charge in [0.1, 0.15) is 16.8 Å². The largest absolute Gasteiger partial charge is 0.450 e. The fourth-order valence-corrected chi connectivity index (χ4v) is 6.16. The molecule has 8 heteroatoms. The Hall–Kier alpha value is -3.91. The zero-order valence-corrected chi connectivity index (χ0v) is 21.1. The van der Waals surface area contributed by atoms with Crippen LogP contribution in [0, 0.1) is 5.82 Å². The Morgan fingerprint density at radius 2 is 1.71 bits per heavy atom. The number of nitrogens with one attached hydrogen (secondary N) is 1. The first kappa shape index (κ1) is 23.2. The number of likely N-dealkylation sites (tertiary alicyclic amines) is 1. The average molecular weight is 513 g/mol. The Bertz CT molecular complexity index is 1650. The zero-order chi connectivity index (χ0) is 25.8. The normalized spacial score (nSPS) is 16.7. The third-order valence-corrected chi connectivity index (χ3v) is 8.07. The highest BCUT2D eigenvalue weighted by Crippen LogP contribution is 2.49. The second kappa shape index (κ2) is 9.13. The van der Waals surface area contributed by atoms with Gasteiger partial charge in [-0.1, -0.05) is 30.3 Å². The average Bonchev–Trinajstić information content (AvgIpc) is 3.65. The topological polar surface area (TPSA) is 66.8 Å². The van der Waals surface area contributed by atoms with E-state index in [2.05, 4.69) is 10.2 Å². The summed E-state index contributed by atoms with van der Waals surface area (Å²) in [6, 6.07) is 13.1. The van der Waals surface area contributed by atoms with E-state index in [1.54, 1.807) is 6.20 Å². The van der Waals surface area contributed by atoms with Gasteiger partial charge in [0, 0.05) is 37.8 Å². The molecule has 2 fully saturated rings. The summed E-state index contributed by atoms with van der Waals surface area (Å²) < 4.78 is 24.1. The van der Waals surface area contributed by atoms with Gasteiger partial charge in [-0.15, -0.1) is 0 Å². The maximum absolute atomic E-state index is 15.8. The molecule has 0 aliphatic carbocycles. The highest BCUT2D eigenvalue weighted by Gasteiger charge is 2.32. The molecule has 0 saturated carbocycles. The number of carbonyl (C=O) groups is 1. The minimum Gasteiger partial charge on any atom is -0.450 e. The maximum atomic E-state index is 15.8. The van der Waals surface area contributed by atoms with Crippen LogP contribution in [0.4, 0.5) is 10.1 Å². The molecule has 194 valence electrons. The van der Waals surface area contributed by atoms with E-state index < -0.39 is 17.2 Å². The van der Waals surface area contributed by atoms with Crippen LogP contribution in [-0.2, 0) is 0 Å². The monoisotopic (exact) mass is 512 g/mol. The van der Waals surface area contributed by atoms with Gasteiger partial charge in [0.2, 0.25) is 5.43 Å². The van der Waals surface area contributed by atoms with Gasteiger partial charge < -0.3 is 24.4 Å². The van der Waals surface area contributed by atoms with E-state index in [1.165, 1.54) is 18.9 Å². The fraction of sp³-hybridized carbons (Fsp3) is 0.333. The molecular weight excluding hydrogens is 483 g/mol. The molecule has 7 nitrogen and oxygen atoms in total. The van der Waals surface area contributed by atoms with Crippen molar-refractivity contribution in [2.75, 3.05) is 44.2 Å². The quantitative estimate of drug-likeness (QED) is 0.366. The second-order valence-electron chi connectivity index (χ2n) is 10.4. The number of anilines is 1. The lowest BCUT2D eigenvalue weighted by Gasteiger charge is -2.29. The number of amides is 1. The van der Waals surface area contributed by atoms with Crippen LogP contribution >= 0.6 is 0 Å². The van der Waals surface area contributed by atoms with Crippen molar-refractivity contribution in [1.29, 1.82) is 0 Å². The molecule has 38 heavy (non-hydrogen) atoms. The van der Waals surface area contributed by atoms with Gasteiger partial charge in [-0.25, -0.2) is 4.39 Å². The van der Waals surface area contributed by atoms with E-state index in [0.29, 0.717) is 34.9 Å². The van der Waals surface area contributed by atoms with Crippen molar-refractivity contribution in [1.82, 2.24) is 14.8 Å². The molecule has 3 aromatic carbocycles. The van der Waals surface area contributed by atoms with Crippen molar-refractivity contribution in [2.24, 2.45) is 0 Å². The molecule has 1 aromatic heterocycles. The lowest BCUT2D eigenvalue weighted by Crippen LogP contribution is -2.36. The van der Waals surface area contributed by atoms with Crippen LogP contribution in [0.5, 0.6) is 11.5 Å². The van der Waals surface area contributed by atoms with E-state index in [9.17, 15) is 9.59 Å². The highest BCUT2D eigenvalue weighted by molar-refractivity contribution is 6.03. The number of halogens is 1. The summed E-state index contributed by atoms with van der Waals surface area (Å²) in [5.74, 6) is -0.0246. The van der Waals surface area contributed by atoms with Gasteiger partial charge in [-0.2, -0.15) is 0 Å². The van der Waals surface area contributed by atoms with Crippen LogP contribution in [0.15, 0.2) is 53.5 Å². The van der Waals surface area contributed by atoms with Gasteiger partial charge in [-0.3, -0.25) is 9.59 Å². The molecule has 0 bridgehead atoms. The number of carbonyl (C=O) groups excluding carboxylic acids is 1. The summed E-state index contributed by atoms with van der Waals surface area (Å²) in [6.07, 6.45) is 5.89. The van der Waals surface area contributed by atoms with Gasteiger partial charge in [0.05, 0.1) is 11.1 Å². The number of hydrogen-bond donors (Lipinski definition) is 1. The van der Waals surface area contributed by atoms with Crippen molar-refractivity contribution in [2.45, 2.75) is 25.7 Å². The SMILES string of the molecule is O=C(NCCN1CCCC1)c1cn2c3c(c(N4CCCC4)c(F)cc3c1=O)Oc1c-2ccc2ccccc12. The Balaban J connectivity index is 1.41. The van der Waals surface area contributed by atoms with E-state index in [-0.39, 0.29) is 10.9 Å². The zero-order valence-electron chi connectivity index (χ0n) is 21.1.